The molecule has 3 amide bonds. The predicted molar refractivity (Wildman–Crippen MR) is 80.5 cm³/mol. The number of rotatable bonds is 4. The lowest BCUT2D eigenvalue weighted by atomic mass is 10.3. The summed E-state index contributed by atoms with van der Waals surface area (Å²) in [5, 5.41) is 9.62. The van der Waals surface area contributed by atoms with Gasteiger partial charge in [0.2, 0.25) is 0 Å². The summed E-state index contributed by atoms with van der Waals surface area (Å²) < 4.78 is 1.51. The van der Waals surface area contributed by atoms with Crippen LogP contribution in [0.3, 0.4) is 0 Å². The zero-order valence-electron chi connectivity index (χ0n) is 11.3. The first-order chi connectivity index (χ1) is 9.99. The number of hydrogen-bond donors (Lipinski definition) is 3. The average molecular weight is 308 g/mol. The molecule has 0 radical (unpaired) electrons. The number of nitrogens with two attached hydrogens (primary N) is 1. The van der Waals surface area contributed by atoms with Gasteiger partial charge in [-0.1, -0.05) is 17.7 Å². The molecule has 0 spiro atoms. The highest BCUT2D eigenvalue weighted by atomic mass is 35.5. The van der Waals surface area contributed by atoms with Crippen molar-refractivity contribution in [1.29, 1.82) is 0 Å². The van der Waals surface area contributed by atoms with Crippen molar-refractivity contribution in [3.05, 3.63) is 41.2 Å². The van der Waals surface area contributed by atoms with Crippen LogP contribution >= 0.6 is 11.6 Å². The second-order valence-corrected chi connectivity index (χ2v) is 4.64. The van der Waals surface area contributed by atoms with E-state index in [2.05, 4.69) is 15.7 Å². The molecule has 8 heteroatoms. The van der Waals surface area contributed by atoms with Crippen LogP contribution in [-0.2, 0) is 6.54 Å². The van der Waals surface area contributed by atoms with Crippen LogP contribution in [0.1, 0.15) is 17.4 Å². The highest BCUT2D eigenvalue weighted by Gasteiger charge is 2.16. The van der Waals surface area contributed by atoms with Crippen LogP contribution in [0.15, 0.2) is 30.5 Å². The van der Waals surface area contributed by atoms with E-state index in [1.165, 1.54) is 10.9 Å². The maximum Gasteiger partial charge on any atom is 0.323 e. The largest absolute Gasteiger partial charge is 0.364 e. The number of carbonyl (C=O) groups excluding carboxylic acids is 2. The van der Waals surface area contributed by atoms with Crippen LogP contribution in [0.2, 0.25) is 5.02 Å². The number of aryl methyl sites for hydroxylation is 1. The number of benzene rings is 1. The van der Waals surface area contributed by atoms with Gasteiger partial charge in [-0.25, -0.2) is 4.79 Å². The van der Waals surface area contributed by atoms with E-state index in [4.69, 9.17) is 17.3 Å². The Kier molecular flexibility index (Phi) is 4.44. The molecule has 0 unspecified atom stereocenters. The van der Waals surface area contributed by atoms with Crippen molar-refractivity contribution in [1.82, 2.24) is 9.78 Å². The van der Waals surface area contributed by atoms with E-state index in [1.54, 1.807) is 24.3 Å². The molecule has 4 N–H and O–H groups in total. The van der Waals surface area contributed by atoms with E-state index in [9.17, 15) is 9.59 Å². The van der Waals surface area contributed by atoms with E-state index < -0.39 is 11.9 Å². The van der Waals surface area contributed by atoms with Crippen molar-refractivity contribution in [2.45, 2.75) is 13.5 Å². The molecule has 0 aliphatic carbocycles. The quantitative estimate of drug-likeness (QED) is 0.807. The van der Waals surface area contributed by atoms with Crippen LogP contribution in [0.5, 0.6) is 0 Å². The monoisotopic (exact) mass is 307 g/mol. The van der Waals surface area contributed by atoms with Gasteiger partial charge >= 0.3 is 6.03 Å². The molecule has 1 aromatic carbocycles. The Balaban J connectivity index is 2.12. The zero-order chi connectivity index (χ0) is 15.4. The fourth-order valence-corrected chi connectivity index (χ4v) is 1.90. The van der Waals surface area contributed by atoms with E-state index in [1.807, 2.05) is 6.92 Å². The summed E-state index contributed by atoms with van der Waals surface area (Å²) >= 11 is 5.83. The van der Waals surface area contributed by atoms with Gasteiger partial charge in [-0.05, 0) is 25.1 Å². The van der Waals surface area contributed by atoms with Gasteiger partial charge in [0.05, 0.1) is 5.69 Å². The van der Waals surface area contributed by atoms with Gasteiger partial charge in [0.15, 0.2) is 5.69 Å². The summed E-state index contributed by atoms with van der Waals surface area (Å²) in [7, 11) is 0. The number of halogens is 1. The Bertz CT molecular complexity index is 683. The number of carbonyl (C=O) groups is 2. The number of hydrogen-bond acceptors (Lipinski definition) is 3. The van der Waals surface area contributed by atoms with Crippen LogP contribution < -0.4 is 16.4 Å². The maximum absolute atomic E-state index is 11.9. The van der Waals surface area contributed by atoms with Crippen LogP contribution in [0.25, 0.3) is 0 Å². The van der Waals surface area contributed by atoms with Gasteiger partial charge in [-0.15, -0.1) is 0 Å². The fourth-order valence-electron chi connectivity index (χ4n) is 1.71. The molecule has 0 saturated carbocycles. The molecule has 7 nitrogen and oxygen atoms in total. The Labute approximate surface area is 126 Å². The molecular formula is C13H14ClN5O2. The number of nitrogens with one attached hydrogen (secondary N) is 2. The Morgan fingerprint density at radius 1 is 1.38 bits per heavy atom. The van der Waals surface area contributed by atoms with Gasteiger partial charge in [0.25, 0.3) is 5.91 Å². The molecule has 2 rings (SSSR count). The number of nitrogens with zero attached hydrogens (tertiary/aromatic N) is 2. The highest BCUT2D eigenvalue weighted by Crippen LogP contribution is 2.17. The third-order valence-corrected chi connectivity index (χ3v) is 2.88. The first-order valence-electron chi connectivity index (χ1n) is 6.20. The van der Waals surface area contributed by atoms with Crippen molar-refractivity contribution < 1.29 is 9.59 Å². The molecule has 21 heavy (non-hydrogen) atoms. The second kappa shape index (κ2) is 6.27. The van der Waals surface area contributed by atoms with Crippen molar-refractivity contribution in [3.63, 3.8) is 0 Å². The molecule has 1 heterocycles. The standard InChI is InChI=1S/C13H14ClN5O2/c1-2-19-7-10(11(18-19)12(15)20)17-13(21)16-9-5-3-4-8(14)6-9/h3-7H,2H2,1H3,(H2,15,20)(H2,16,17,21). The summed E-state index contributed by atoms with van der Waals surface area (Å²) in [6.45, 7) is 2.41. The topological polar surface area (TPSA) is 102 Å². The number of urea groups is 1. The number of primary amides is 1. The van der Waals surface area contributed by atoms with Crippen LogP contribution in [-0.4, -0.2) is 21.7 Å². The summed E-state index contributed by atoms with van der Waals surface area (Å²) in [6, 6.07) is 6.18. The number of aromatic nitrogens is 2. The smallest absolute Gasteiger partial charge is 0.323 e. The molecule has 2 aromatic rings. The predicted octanol–water partition coefficient (Wildman–Crippen LogP) is 2.30. The summed E-state index contributed by atoms with van der Waals surface area (Å²) in [6.07, 6.45) is 1.54. The molecule has 0 fully saturated rings. The van der Waals surface area contributed by atoms with Crippen molar-refractivity contribution in [2.75, 3.05) is 10.6 Å². The minimum absolute atomic E-state index is 0.0121. The highest BCUT2D eigenvalue weighted by molar-refractivity contribution is 6.30. The first kappa shape index (κ1) is 14.9. The zero-order valence-corrected chi connectivity index (χ0v) is 12.0. The van der Waals surface area contributed by atoms with Gasteiger partial charge < -0.3 is 16.4 Å². The average Bonchev–Trinajstić information content (AvgIpc) is 2.81. The Morgan fingerprint density at radius 3 is 2.76 bits per heavy atom. The molecule has 110 valence electrons. The molecule has 0 aliphatic rings. The third kappa shape index (κ3) is 3.73. The second-order valence-electron chi connectivity index (χ2n) is 4.20. The summed E-state index contributed by atoms with van der Waals surface area (Å²) in [5.74, 6) is -0.708. The fraction of sp³-hybridized carbons (Fsp3) is 0.154. The maximum atomic E-state index is 11.9. The molecule has 1 aromatic heterocycles. The summed E-state index contributed by atoms with van der Waals surface area (Å²) in [5.41, 5.74) is 6.02. The lowest BCUT2D eigenvalue weighted by molar-refractivity contribution is 0.0995. The van der Waals surface area contributed by atoms with E-state index in [0.717, 1.165) is 0 Å². The SMILES string of the molecule is CCn1cc(NC(=O)Nc2cccc(Cl)c2)c(C(N)=O)n1. The molecule has 0 aliphatic heterocycles. The van der Waals surface area contributed by atoms with Crippen molar-refractivity contribution in [2.24, 2.45) is 5.73 Å². The lowest BCUT2D eigenvalue weighted by Crippen LogP contribution is -2.22. The lowest BCUT2D eigenvalue weighted by Gasteiger charge is -2.06. The van der Waals surface area contributed by atoms with Crippen molar-refractivity contribution >= 4 is 34.9 Å². The van der Waals surface area contributed by atoms with Crippen molar-refractivity contribution in [3.8, 4) is 0 Å². The van der Waals surface area contributed by atoms with E-state index in [-0.39, 0.29) is 11.4 Å². The van der Waals surface area contributed by atoms with Crippen LogP contribution in [0, 0.1) is 0 Å². The van der Waals surface area contributed by atoms with Crippen LogP contribution in [0.4, 0.5) is 16.2 Å². The molecular weight excluding hydrogens is 294 g/mol. The van der Waals surface area contributed by atoms with E-state index in [0.29, 0.717) is 17.3 Å². The Morgan fingerprint density at radius 2 is 2.14 bits per heavy atom. The van der Waals surface area contributed by atoms with Gasteiger partial charge in [0.1, 0.15) is 0 Å². The Hall–Kier alpha value is -2.54. The molecule has 0 saturated heterocycles. The van der Waals surface area contributed by atoms with E-state index >= 15 is 0 Å². The van der Waals surface area contributed by atoms with Gasteiger partial charge in [-0.3, -0.25) is 9.48 Å². The van der Waals surface area contributed by atoms with Gasteiger partial charge in [0, 0.05) is 23.5 Å². The minimum atomic E-state index is -0.708. The molecule has 0 bridgehead atoms. The minimum Gasteiger partial charge on any atom is -0.364 e. The number of amides is 3. The van der Waals surface area contributed by atoms with Gasteiger partial charge in [-0.2, -0.15) is 5.10 Å². The third-order valence-electron chi connectivity index (χ3n) is 2.65. The summed E-state index contributed by atoms with van der Waals surface area (Å²) in [4.78, 5) is 23.2. The normalized spacial score (nSPS) is 10.2. The molecule has 0 atom stereocenters. The first-order valence-corrected chi connectivity index (χ1v) is 6.58. The number of anilines is 2.